The van der Waals surface area contributed by atoms with Crippen LogP contribution >= 0.6 is 0 Å². The van der Waals surface area contributed by atoms with Gasteiger partial charge in [-0.1, -0.05) is 76.6 Å². The largest absolute Gasteiger partial charge is 0.371 e. The number of aryl methyl sites for hydroxylation is 1. The summed E-state index contributed by atoms with van der Waals surface area (Å²) in [6.45, 7) is 15.8. The van der Waals surface area contributed by atoms with Gasteiger partial charge in [0.2, 0.25) is 0 Å². The Balaban J connectivity index is 2.39. The van der Waals surface area contributed by atoms with Crippen LogP contribution < -0.4 is 4.90 Å². The Bertz CT molecular complexity index is 683. The molecule has 1 nitrogen and oxygen atoms in total. The fourth-order valence-corrected chi connectivity index (χ4v) is 4.36. The number of para-hydroxylation sites is 1. The van der Waals surface area contributed by atoms with Gasteiger partial charge in [0, 0.05) is 24.7 Å². The summed E-state index contributed by atoms with van der Waals surface area (Å²) in [5, 5.41) is 0. The van der Waals surface area contributed by atoms with E-state index in [-0.39, 0.29) is 16.7 Å². The van der Waals surface area contributed by atoms with E-state index in [2.05, 4.69) is 90.8 Å². The molecule has 3 atom stereocenters. The Morgan fingerprint density at radius 3 is 2.35 bits per heavy atom. The minimum absolute atomic E-state index is 0.0229. The van der Waals surface area contributed by atoms with Gasteiger partial charge in [0.05, 0.1) is 0 Å². The van der Waals surface area contributed by atoms with Crippen LogP contribution in [-0.4, -0.2) is 19.3 Å². The average molecular weight is 358 g/mol. The second-order valence-corrected chi connectivity index (χ2v) is 8.89. The zero-order chi connectivity index (χ0) is 19.7. The Morgan fingerprint density at radius 2 is 1.77 bits per heavy atom. The van der Waals surface area contributed by atoms with Crippen molar-refractivity contribution < 1.29 is 4.39 Å². The SMILES string of the molecule is CCC1C(C(C)(C)C(C)(C)C(C)N(C)c2ccccc2C)=CC=CC1F. The monoisotopic (exact) mass is 357 g/mol. The van der Waals surface area contributed by atoms with E-state index in [0.717, 1.165) is 6.42 Å². The van der Waals surface area contributed by atoms with Crippen LogP contribution in [0.3, 0.4) is 0 Å². The number of nitrogens with zero attached hydrogens (tertiary/aromatic N) is 1. The van der Waals surface area contributed by atoms with E-state index in [0.29, 0.717) is 6.04 Å². The van der Waals surface area contributed by atoms with E-state index in [9.17, 15) is 4.39 Å². The van der Waals surface area contributed by atoms with Gasteiger partial charge >= 0.3 is 0 Å². The summed E-state index contributed by atoms with van der Waals surface area (Å²) in [5.41, 5.74) is 3.61. The van der Waals surface area contributed by atoms with Crippen molar-refractivity contribution in [3.05, 3.63) is 53.6 Å². The number of anilines is 1. The Hall–Kier alpha value is -1.57. The number of hydrogen-bond donors (Lipinski definition) is 0. The van der Waals surface area contributed by atoms with Gasteiger partial charge in [-0.2, -0.15) is 0 Å². The van der Waals surface area contributed by atoms with E-state index in [1.807, 2.05) is 6.08 Å². The van der Waals surface area contributed by atoms with Gasteiger partial charge in [-0.25, -0.2) is 4.39 Å². The Kier molecular flexibility index (Phi) is 6.05. The van der Waals surface area contributed by atoms with Gasteiger partial charge in [0.15, 0.2) is 0 Å². The molecule has 144 valence electrons. The Labute approximate surface area is 160 Å². The van der Waals surface area contributed by atoms with Crippen molar-refractivity contribution >= 4 is 5.69 Å². The minimum atomic E-state index is -0.875. The van der Waals surface area contributed by atoms with Crippen molar-refractivity contribution in [2.24, 2.45) is 16.7 Å². The molecule has 0 saturated heterocycles. The molecular formula is C24H36FN. The molecule has 0 aliphatic heterocycles. The van der Waals surface area contributed by atoms with Crippen molar-refractivity contribution in [3.63, 3.8) is 0 Å². The van der Waals surface area contributed by atoms with Crippen LogP contribution in [-0.2, 0) is 0 Å². The molecule has 0 radical (unpaired) electrons. The minimum Gasteiger partial charge on any atom is -0.371 e. The number of halogens is 1. The third-order valence-corrected chi connectivity index (χ3v) is 7.25. The maximum Gasteiger partial charge on any atom is 0.125 e. The number of hydrogen-bond acceptors (Lipinski definition) is 1. The fourth-order valence-electron chi connectivity index (χ4n) is 4.36. The van der Waals surface area contributed by atoms with Crippen molar-refractivity contribution in [3.8, 4) is 0 Å². The van der Waals surface area contributed by atoms with Gasteiger partial charge in [0.25, 0.3) is 0 Å². The van der Waals surface area contributed by atoms with Crippen LogP contribution in [0.25, 0.3) is 0 Å². The lowest BCUT2D eigenvalue weighted by molar-refractivity contribution is 0.0972. The molecule has 0 amide bonds. The van der Waals surface area contributed by atoms with Crippen LogP contribution in [0.1, 0.15) is 53.5 Å². The highest BCUT2D eigenvalue weighted by Crippen LogP contribution is 2.52. The molecule has 1 aromatic rings. The van der Waals surface area contributed by atoms with Crippen LogP contribution in [0.4, 0.5) is 10.1 Å². The van der Waals surface area contributed by atoms with E-state index in [1.54, 1.807) is 6.08 Å². The second kappa shape index (κ2) is 7.58. The van der Waals surface area contributed by atoms with Crippen LogP contribution in [0.15, 0.2) is 48.1 Å². The summed E-state index contributed by atoms with van der Waals surface area (Å²) in [6.07, 6.45) is 5.72. The zero-order valence-corrected chi connectivity index (χ0v) is 17.8. The summed E-state index contributed by atoms with van der Waals surface area (Å²) < 4.78 is 14.6. The lowest BCUT2D eigenvalue weighted by Gasteiger charge is -2.52. The van der Waals surface area contributed by atoms with Gasteiger partial charge in [-0.3, -0.25) is 0 Å². The van der Waals surface area contributed by atoms with Gasteiger partial charge in [0.1, 0.15) is 6.17 Å². The number of allylic oxidation sites excluding steroid dienone is 4. The lowest BCUT2D eigenvalue weighted by atomic mass is 9.57. The summed E-state index contributed by atoms with van der Waals surface area (Å²) in [5.74, 6) is -0.0229. The molecule has 2 heteroatoms. The van der Waals surface area contributed by atoms with E-state index < -0.39 is 6.17 Å². The van der Waals surface area contributed by atoms with E-state index in [1.165, 1.54) is 16.8 Å². The number of benzene rings is 1. The van der Waals surface area contributed by atoms with Crippen molar-refractivity contribution in [1.29, 1.82) is 0 Å². The van der Waals surface area contributed by atoms with Crippen LogP contribution in [0.5, 0.6) is 0 Å². The molecule has 0 bridgehead atoms. The zero-order valence-electron chi connectivity index (χ0n) is 17.8. The number of rotatable bonds is 6. The predicted molar refractivity (Wildman–Crippen MR) is 113 cm³/mol. The fraction of sp³-hybridized carbons (Fsp3) is 0.583. The molecule has 0 spiro atoms. The molecule has 0 heterocycles. The van der Waals surface area contributed by atoms with Crippen LogP contribution in [0.2, 0.25) is 0 Å². The van der Waals surface area contributed by atoms with Crippen LogP contribution in [0, 0.1) is 23.7 Å². The molecule has 1 aromatic carbocycles. The molecular weight excluding hydrogens is 321 g/mol. The average Bonchev–Trinajstić information content (AvgIpc) is 2.60. The molecule has 0 saturated carbocycles. The molecule has 3 unspecified atom stereocenters. The summed E-state index contributed by atoms with van der Waals surface area (Å²) in [7, 11) is 2.18. The maximum absolute atomic E-state index is 14.6. The third kappa shape index (κ3) is 3.48. The first kappa shape index (κ1) is 20.7. The first-order chi connectivity index (χ1) is 12.1. The quantitative estimate of drug-likeness (QED) is 0.545. The third-order valence-electron chi connectivity index (χ3n) is 7.25. The van der Waals surface area contributed by atoms with E-state index in [4.69, 9.17) is 0 Å². The molecule has 1 aliphatic carbocycles. The standard InChI is InChI=1S/C24H36FN/c1-9-19-20(14-12-15-21(19)25)24(6,7)23(4,5)18(3)26(8)22-16-11-10-13-17(22)2/h10-16,18-19,21H,9H2,1-8H3. The molecule has 0 aromatic heterocycles. The second-order valence-electron chi connectivity index (χ2n) is 8.89. The maximum atomic E-state index is 14.6. The predicted octanol–water partition coefficient (Wildman–Crippen LogP) is 6.73. The smallest absolute Gasteiger partial charge is 0.125 e. The molecule has 26 heavy (non-hydrogen) atoms. The molecule has 0 fully saturated rings. The van der Waals surface area contributed by atoms with Crippen molar-refractivity contribution in [2.45, 2.75) is 67.1 Å². The van der Waals surface area contributed by atoms with E-state index >= 15 is 0 Å². The van der Waals surface area contributed by atoms with Gasteiger partial charge < -0.3 is 4.90 Å². The topological polar surface area (TPSA) is 3.24 Å². The Morgan fingerprint density at radius 1 is 1.15 bits per heavy atom. The molecule has 2 rings (SSSR count). The summed E-state index contributed by atoms with van der Waals surface area (Å²) in [4.78, 5) is 2.38. The highest BCUT2D eigenvalue weighted by Gasteiger charge is 2.47. The first-order valence-corrected chi connectivity index (χ1v) is 9.87. The highest BCUT2D eigenvalue weighted by molar-refractivity contribution is 5.53. The molecule has 0 N–H and O–H groups in total. The lowest BCUT2D eigenvalue weighted by Crippen LogP contribution is -2.51. The molecule has 1 aliphatic rings. The normalized spacial score (nSPS) is 22.1. The number of alkyl halides is 1. The van der Waals surface area contributed by atoms with Gasteiger partial charge in [-0.15, -0.1) is 0 Å². The van der Waals surface area contributed by atoms with Crippen molar-refractivity contribution in [2.75, 3.05) is 11.9 Å². The first-order valence-electron chi connectivity index (χ1n) is 9.87. The van der Waals surface area contributed by atoms with Gasteiger partial charge in [-0.05, 0) is 42.7 Å². The van der Waals surface area contributed by atoms with Crippen molar-refractivity contribution in [1.82, 2.24) is 0 Å². The summed E-state index contributed by atoms with van der Waals surface area (Å²) in [6, 6.07) is 8.81. The summed E-state index contributed by atoms with van der Waals surface area (Å²) >= 11 is 0. The highest BCUT2D eigenvalue weighted by atomic mass is 19.1.